The summed E-state index contributed by atoms with van der Waals surface area (Å²) in [5.74, 6) is -2.88. The van der Waals surface area contributed by atoms with Crippen LogP contribution in [0.2, 0.25) is 0 Å². The first-order valence-electron chi connectivity index (χ1n) is 20.6. The molecule has 18 atom stereocenters. The van der Waals surface area contributed by atoms with Gasteiger partial charge < -0.3 is 54.7 Å². The van der Waals surface area contributed by atoms with E-state index in [0.29, 0.717) is 18.8 Å². The van der Waals surface area contributed by atoms with Crippen LogP contribution in [0.4, 0.5) is 0 Å². The van der Waals surface area contributed by atoms with Gasteiger partial charge in [-0.3, -0.25) is 4.79 Å². The van der Waals surface area contributed by atoms with Crippen LogP contribution in [0.5, 0.6) is 0 Å². The number of hydrogen-bond donors (Lipinski definition) is 7. The molecule has 7 N–H and O–H groups in total. The largest absolute Gasteiger partial charge is 0.479 e. The second-order valence-corrected chi connectivity index (χ2v) is 20.9. The van der Waals surface area contributed by atoms with E-state index in [2.05, 4.69) is 61.5 Å². The molecular formula is C42H64O14. The van der Waals surface area contributed by atoms with E-state index in [0.717, 1.165) is 32.1 Å². The quantitative estimate of drug-likeness (QED) is 0.192. The van der Waals surface area contributed by atoms with Crippen molar-refractivity contribution in [1.82, 2.24) is 0 Å². The second-order valence-electron chi connectivity index (χ2n) is 20.9. The maximum absolute atomic E-state index is 14.8. The average molecular weight is 793 g/mol. The van der Waals surface area contributed by atoms with Gasteiger partial charge in [-0.25, -0.2) is 9.59 Å². The van der Waals surface area contributed by atoms with Crippen molar-refractivity contribution >= 4 is 17.7 Å². The van der Waals surface area contributed by atoms with Crippen LogP contribution >= 0.6 is 0 Å². The minimum Gasteiger partial charge on any atom is -0.479 e. The fraction of sp³-hybridized carbons (Fsp3) is 0.881. The Labute approximate surface area is 328 Å². The number of aliphatic hydroxyl groups is 5. The fourth-order valence-electron chi connectivity index (χ4n) is 13.3. The Balaban J connectivity index is 1.17. The van der Waals surface area contributed by atoms with Crippen LogP contribution in [0.1, 0.15) is 113 Å². The highest BCUT2D eigenvalue weighted by Gasteiger charge is 2.70. The Morgan fingerprint density at radius 2 is 1.29 bits per heavy atom. The van der Waals surface area contributed by atoms with Gasteiger partial charge in [0.2, 0.25) is 0 Å². The zero-order valence-corrected chi connectivity index (χ0v) is 34.0. The summed E-state index contributed by atoms with van der Waals surface area (Å²) in [4.78, 5) is 38.8. The number of ether oxygens (including phenoxy) is 4. The maximum Gasteiger partial charge on any atom is 0.335 e. The monoisotopic (exact) mass is 792 g/mol. The van der Waals surface area contributed by atoms with Crippen molar-refractivity contribution < 1.29 is 69.1 Å². The van der Waals surface area contributed by atoms with Gasteiger partial charge in [0.1, 0.15) is 36.6 Å². The van der Waals surface area contributed by atoms with Crippen LogP contribution in [0, 0.1) is 50.2 Å². The lowest BCUT2D eigenvalue weighted by molar-refractivity contribution is -0.371. The molecule has 4 saturated carbocycles. The lowest BCUT2D eigenvalue weighted by atomic mass is 9.33. The van der Waals surface area contributed by atoms with E-state index in [4.69, 9.17) is 18.9 Å². The Hall–Kier alpha value is -2.01. The number of ketones is 1. The Morgan fingerprint density at radius 1 is 0.696 bits per heavy atom. The molecule has 0 unspecified atom stereocenters. The number of allylic oxidation sites excluding steroid dienone is 2. The van der Waals surface area contributed by atoms with Gasteiger partial charge in [0.05, 0.1) is 6.10 Å². The number of rotatable bonds is 6. The van der Waals surface area contributed by atoms with Gasteiger partial charge in [-0.05, 0) is 108 Å². The number of aliphatic carboxylic acids is 2. The second kappa shape index (κ2) is 13.8. The van der Waals surface area contributed by atoms with Crippen molar-refractivity contribution in [3.8, 4) is 0 Å². The van der Waals surface area contributed by atoms with Crippen LogP contribution in [0.15, 0.2) is 11.6 Å². The third kappa shape index (κ3) is 6.17. The van der Waals surface area contributed by atoms with E-state index in [-0.39, 0.29) is 39.3 Å². The number of aliphatic hydroxyl groups excluding tert-OH is 5. The summed E-state index contributed by atoms with van der Waals surface area (Å²) in [6, 6.07) is 0. The zero-order chi connectivity index (χ0) is 41.3. The van der Waals surface area contributed by atoms with Crippen LogP contribution in [0.25, 0.3) is 0 Å². The molecule has 0 bridgehead atoms. The molecule has 7 rings (SSSR count). The third-order valence-corrected chi connectivity index (χ3v) is 16.9. The first-order chi connectivity index (χ1) is 25.8. The molecule has 0 aromatic heterocycles. The van der Waals surface area contributed by atoms with Crippen LogP contribution in [-0.2, 0) is 33.3 Å². The highest BCUT2D eigenvalue weighted by atomic mass is 16.8. The summed E-state index contributed by atoms with van der Waals surface area (Å²) >= 11 is 0. The Bertz CT molecular complexity index is 1630. The molecule has 7 aliphatic rings. The molecule has 56 heavy (non-hydrogen) atoms. The predicted molar refractivity (Wildman–Crippen MR) is 197 cm³/mol. The number of carbonyl (C=O) groups is 3. The van der Waals surface area contributed by atoms with Crippen molar-refractivity contribution in [1.29, 1.82) is 0 Å². The molecule has 6 fully saturated rings. The van der Waals surface area contributed by atoms with E-state index >= 15 is 0 Å². The molecule has 0 spiro atoms. The first kappa shape index (κ1) is 42.1. The van der Waals surface area contributed by atoms with Gasteiger partial charge in [0.25, 0.3) is 0 Å². The number of carboxylic acids is 2. The van der Waals surface area contributed by atoms with Gasteiger partial charge in [-0.15, -0.1) is 0 Å². The van der Waals surface area contributed by atoms with E-state index in [1.807, 2.05) is 0 Å². The average Bonchev–Trinajstić information content (AvgIpc) is 3.10. The number of carbonyl (C=O) groups excluding carboxylic acids is 1. The number of hydrogen-bond acceptors (Lipinski definition) is 12. The number of carboxylic acid groups (broad SMARTS) is 2. The summed E-state index contributed by atoms with van der Waals surface area (Å²) in [5, 5.41) is 72.8. The van der Waals surface area contributed by atoms with E-state index in [1.54, 1.807) is 0 Å². The van der Waals surface area contributed by atoms with Crippen molar-refractivity contribution in [3.63, 3.8) is 0 Å². The third-order valence-electron chi connectivity index (χ3n) is 16.9. The maximum atomic E-state index is 14.8. The topological polar surface area (TPSA) is 230 Å². The van der Waals surface area contributed by atoms with E-state index in [9.17, 15) is 50.1 Å². The van der Waals surface area contributed by atoms with Crippen molar-refractivity contribution in [2.75, 3.05) is 0 Å². The predicted octanol–water partition coefficient (Wildman–Crippen LogP) is 3.18. The van der Waals surface area contributed by atoms with Crippen LogP contribution < -0.4 is 0 Å². The molecule has 0 aromatic rings. The molecule has 0 amide bonds. The summed E-state index contributed by atoms with van der Waals surface area (Å²) in [7, 11) is 0. The van der Waals surface area contributed by atoms with Crippen molar-refractivity contribution in [2.24, 2.45) is 50.2 Å². The van der Waals surface area contributed by atoms with Crippen molar-refractivity contribution in [2.45, 2.75) is 181 Å². The number of fused-ring (bicyclic) bond motifs is 7. The summed E-state index contributed by atoms with van der Waals surface area (Å²) in [6.07, 6.45) is -9.44. The lowest BCUT2D eigenvalue weighted by Crippen LogP contribution is -2.68. The summed E-state index contributed by atoms with van der Waals surface area (Å²) < 4.78 is 23.5. The Kier molecular flexibility index (Phi) is 10.4. The summed E-state index contributed by atoms with van der Waals surface area (Å²) in [5.41, 5.74) is 0.340. The molecule has 2 aliphatic heterocycles. The highest BCUT2D eigenvalue weighted by Crippen LogP contribution is 2.75. The normalized spacial score (nSPS) is 52.4. The zero-order valence-electron chi connectivity index (χ0n) is 34.0. The van der Waals surface area contributed by atoms with Crippen LogP contribution in [-0.4, -0.2) is 121 Å². The van der Waals surface area contributed by atoms with Crippen molar-refractivity contribution in [3.05, 3.63) is 11.6 Å². The minimum absolute atomic E-state index is 0.0120. The molecule has 0 radical (unpaired) electrons. The first-order valence-corrected chi connectivity index (χ1v) is 20.6. The molecule has 316 valence electrons. The highest BCUT2D eigenvalue weighted by molar-refractivity contribution is 5.95. The smallest absolute Gasteiger partial charge is 0.335 e. The van der Waals surface area contributed by atoms with Gasteiger partial charge in [-0.2, -0.15) is 0 Å². The lowest BCUT2D eigenvalue weighted by Gasteiger charge is -2.70. The molecular weight excluding hydrogens is 728 g/mol. The molecule has 14 nitrogen and oxygen atoms in total. The SMILES string of the molecule is CC1(C)CC[C@]2(C)CC[C@]3(C)C(=CC(=O)[C@@H]4[C@@]5(C)CC[C@H](O[C@@H]6O[C@H](C(=O)O)[C@@H](O)[C@H](O)[C@H]6O[C@@H]6O[C@H](C(=O)O)[C@@H](O)[C@H](O)[C@H]6O)C(C)(C)[C@@H]5CC[C@]43C)[C@H]2C1. The van der Waals surface area contributed by atoms with Gasteiger partial charge in [0, 0.05) is 5.92 Å². The molecule has 2 heterocycles. The van der Waals surface area contributed by atoms with Gasteiger partial charge in [0.15, 0.2) is 30.6 Å². The Morgan fingerprint density at radius 3 is 1.91 bits per heavy atom. The van der Waals surface area contributed by atoms with Gasteiger partial charge in [-0.1, -0.05) is 61.0 Å². The molecule has 5 aliphatic carbocycles. The molecule has 14 heteroatoms. The van der Waals surface area contributed by atoms with Gasteiger partial charge >= 0.3 is 11.9 Å². The molecule has 2 saturated heterocycles. The minimum atomic E-state index is -2.02. The standard InChI is InChI=1S/C42H64O14/c1-37(2)13-14-39(5)15-16-41(7)19(20(39)18-37)17-21(43)32-40(6)11-10-23(38(3,4)22(40)9-12-42(32,41)8)53-36-31(27(47)26(46)30(55-36)34(51)52)56-35-28(48)24(44)25(45)29(54-35)33(49)50/h17,20,22-32,35-36,44-48H,9-16,18H2,1-8H3,(H,49,50)(H,51,52)/t20-,22+,23+,24+,25+,26+,27+,28-,29+,30+,31-,32-,35+,36-,39-,40+,41-,42-/m1/s1. The summed E-state index contributed by atoms with van der Waals surface area (Å²) in [6.45, 7) is 18.3. The fourth-order valence-corrected chi connectivity index (χ4v) is 13.3. The van der Waals surface area contributed by atoms with E-state index < -0.39 is 90.3 Å². The molecule has 0 aromatic carbocycles. The van der Waals surface area contributed by atoms with E-state index in [1.165, 1.54) is 18.4 Å². The van der Waals surface area contributed by atoms with Crippen LogP contribution in [0.3, 0.4) is 0 Å².